The summed E-state index contributed by atoms with van der Waals surface area (Å²) in [5.41, 5.74) is -2.25. The van der Waals surface area contributed by atoms with E-state index in [0.717, 1.165) is 18.8 Å². The molecule has 0 bridgehead atoms. The van der Waals surface area contributed by atoms with Crippen LogP contribution in [0.25, 0.3) is 0 Å². The highest BCUT2D eigenvalue weighted by Crippen LogP contribution is 2.25. The molecule has 6 nitrogen and oxygen atoms in total. The number of carboxylic acid groups (broad SMARTS) is 2. The largest absolute Gasteiger partial charge is 0.478 e. The van der Waals surface area contributed by atoms with Gasteiger partial charge in [-0.3, -0.25) is 0 Å². The maximum absolute atomic E-state index is 11.0. The van der Waals surface area contributed by atoms with Crippen molar-refractivity contribution in [2.45, 2.75) is 19.4 Å². The van der Waals surface area contributed by atoms with E-state index in [4.69, 9.17) is 10.2 Å². The Morgan fingerprint density at radius 1 is 1.05 bits per heavy atom. The minimum absolute atomic E-state index is 0.177. The smallest absolute Gasteiger partial charge is 0.352 e. The van der Waals surface area contributed by atoms with Crippen LogP contribution >= 0.6 is 0 Å². The number of anilines is 1. The van der Waals surface area contributed by atoms with Crippen molar-refractivity contribution >= 4 is 17.6 Å². The Bertz CT molecular complexity index is 450. The summed E-state index contributed by atoms with van der Waals surface area (Å²) in [6, 6.07) is 5.82. The first-order valence-electron chi connectivity index (χ1n) is 5.92. The molecule has 0 saturated carbocycles. The van der Waals surface area contributed by atoms with Gasteiger partial charge in [0.15, 0.2) is 0 Å². The van der Waals surface area contributed by atoms with Gasteiger partial charge < -0.3 is 20.2 Å². The normalized spacial score (nSPS) is 11.1. The number of carboxylic acids is 2. The molecule has 0 amide bonds. The lowest BCUT2D eigenvalue weighted by molar-refractivity contribution is -0.177. The van der Waals surface area contributed by atoms with Gasteiger partial charge in [-0.05, 0) is 26.0 Å². The molecule has 0 heterocycles. The Kier molecular flexibility index (Phi) is 4.50. The molecule has 6 heteroatoms. The third kappa shape index (κ3) is 2.68. The van der Waals surface area contributed by atoms with Gasteiger partial charge in [0, 0.05) is 24.3 Å². The van der Waals surface area contributed by atoms with E-state index in [-0.39, 0.29) is 5.56 Å². The molecule has 0 spiro atoms. The number of benzene rings is 1. The highest BCUT2D eigenvalue weighted by Gasteiger charge is 2.46. The van der Waals surface area contributed by atoms with E-state index in [9.17, 15) is 14.7 Å². The van der Waals surface area contributed by atoms with Gasteiger partial charge in [0.25, 0.3) is 5.60 Å². The average Bonchev–Trinajstić information content (AvgIpc) is 2.39. The van der Waals surface area contributed by atoms with Gasteiger partial charge in [0.1, 0.15) is 0 Å². The molecule has 0 saturated heterocycles. The number of rotatable bonds is 6. The lowest BCUT2D eigenvalue weighted by Crippen LogP contribution is -2.43. The summed E-state index contributed by atoms with van der Waals surface area (Å²) in [7, 11) is 0. The van der Waals surface area contributed by atoms with Crippen LogP contribution in [-0.4, -0.2) is 40.3 Å². The van der Waals surface area contributed by atoms with Crippen molar-refractivity contribution in [3.05, 3.63) is 29.8 Å². The van der Waals surface area contributed by atoms with Crippen molar-refractivity contribution < 1.29 is 24.9 Å². The number of nitrogens with zero attached hydrogens (tertiary/aromatic N) is 1. The van der Waals surface area contributed by atoms with Crippen LogP contribution in [0.15, 0.2) is 24.3 Å². The zero-order valence-corrected chi connectivity index (χ0v) is 10.8. The Balaban J connectivity index is 3.17. The molecule has 1 rings (SSSR count). The summed E-state index contributed by atoms with van der Waals surface area (Å²) in [5.74, 6) is -3.62. The Morgan fingerprint density at radius 2 is 1.47 bits per heavy atom. The lowest BCUT2D eigenvalue weighted by atomic mass is 9.94. The highest BCUT2D eigenvalue weighted by atomic mass is 16.4. The molecule has 19 heavy (non-hydrogen) atoms. The van der Waals surface area contributed by atoms with Gasteiger partial charge >= 0.3 is 11.9 Å². The van der Waals surface area contributed by atoms with Gasteiger partial charge in [-0.1, -0.05) is 12.1 Å². The Morgan fingerprint density at radius 3 is 1.79 bits per heavy atom. The average molecular weight is 267 g/mol. The van der Waals surface area contributed by atoms with Crippen LogP contribution in [0, 0.1) is 0 Å². The van der Waals surface area contributed by atoms with E-state index < -0.39 is 17.5 Å². The lowest BCUT2D eigenvalue weighted by Gasteiger charge is -2.23. The summed E-state index contributed by atoms with van der Waals surface area (Å²) < 4.78 is 0. The molecule has 0 unspecified atom stereocenters. The molecule has 1 aromatic carbocycles. The van der Waals surface area contributed by atoms with E-state index in [1.54, 1.807) is 12.1 Å². The maximum Gasteiger partial charge on any atom is 0.352 e. The molecular formula is C13H17NO5. The van der Waals surface area contributed by atoms with Crippen molar-refractivity contribution in [1.29, 1.82) is 0 Å². The molecule has 3 N–H and O–H groups in total. The topological polar surface area (TPSA) is 98.1 Å². The zero-order chi connectivity index (χ0) is 14.6. The monoisotopic (exact) mass is 267 g/mol. The van der Waals surface area contributed by atoms with Gasteiger partial charge in [-0.25, -0.2) is 9.59 Å². The second-order valence-electron chi connectivity index (χ2n) is 4.04. The molecule has 0 aliphatic rings. The van der Waals surface area contributed by atoms with Crippen LogP contribution in [0.4, 0.5) is 5.69 Å². The van der Waals surface area contributed by atoms with E-state index in [1.807, 2.05) is 18.7 Å². The number of aliphatic hydroxyl groups is 1. The van der Waals surface area contributed by atoms with Gasteiger partial charge in [-0.15, -0.1) is 0 Å². The molecule has 0 aliphatic heterocycles. The number of hydrogen-bond donors (Lipinski definition) is 3. The van der Waals surface area contributed by atoms with Crippen molar-refractivity contribution in [3.8, 4) is 0 Å². The summed E-state index contributed by atoms with van der Waals surface area (Å²) in [6.07, 6.45) is 0. The quantitative estimate of drug-likeness (QED) is 0.662. The molecule has 0 atom stereocenters. The maximum atomic E-state index is 11.0. The van der Waals surface area contributed by atoms with E-state index in [2.05, 4.69) is 0 Å². The molecule has 0 radical (unpaired) electrons. The third-order valence-electron chi connectivity index (χ3n) is 3.03. The molecular weight excluding hydrogens is 250 g/mol. The molecule has 1 aromatic rings. The number of carbonyl (C=O) groups is 2. The fourth-order valence-electron chi connectivity index (χ4n) is 1.84. The third-order valence-corrected chi connectivity index (χ3v) is 3.03. The molecule has 0 aromatic heterocycles. The van der Waals surface area contributed by atoms with E-state index in [0.29, 0.717) is 0 Å². The SMILES string of the molecule is CCN(CC)c1ccc(C(O)(C(=O)O)C(=O)O)cc1. The predicted octanol–water partition coefficient (Wildman–Crippen LogP) is 0.890. The van der Waals surface area contributed by atoms with Crippen molar-refractivity contribution in [1.82, 2.24) is 0 Å². The van der Waals surface area contributed by atoms with Gasteiger partial charge in [0.05, 0.1) is 0 Å². The summed E-state index contributed by atoms with van der Waals surface area (Å²) in [5, 5.41) is 27.5. The standard InChI is InChI=1S/C13H17NO5/c1-3-14(4-2)10-7-5-9(6-8-10)13(19,11(15)16)12(17)18/h5-8,19H,3-4H2,1-2H3,(H,15,16)(H,17,18). The van der Waals surface area contributed by atoms with Crippen LogP contribution < -0.4 is 4.90 Å². The minimum atomic E-state index is -2.91. The molecule has 0 fully saturated rings. The van der Waals surface area contributed by atoms with Gasteiger partial charge in [-0.2, -0.15) is 0 Å². The van der Waals surface area contributed by atoms with Crippen LogP contribution in [0.1, 0.15) is 19.4 Å². The number of aliphatic carboxylic acids is 2. The van der Waals surface area contributed by atoms with Crippen LogP contribution in [0.5, 0.6) is 0 Å². The second-order valence-corrected chi connectivity index (χ2v) is 4.04. The first-order chi connectivity index (χ1) is 8.87. The Labute approximate surface area is 110 Å². The summed E-state index contributed by atoms with van der Waals surface area (Å²) in [6.45, 7) is 5.50. The minimum Gasteiger partial charge on any atom is -0.478 e. The number of hydrogen-bond acceptors (Lipinski definition) is 4. The fraction of sp³-hybridized carbons (Fsp3) is 0.385. The summed E-state index contributed by atoms with van der Waals surface area (Å²) >= 11 is 0. The van der Waals surface area contributed by atoms with E-state index in [1.165, 1.54) is 12.1 Å². The predicted molar refractivity (Wildman–Crippen MR) is 69.2 cm³/mol. The fourth-order valence-corrected chi connectivity index (χ4v) is 1.84. The Hall–Kier alpha value is -2.08. The van der Waals surface area contributed by atoms with Crippen LogP contribution in [0.3, 0.4) is 0 Å². The van der Waals surface area contributed by atoms with Crippen LogP contribution in [0.2, 0.25) is 0 Å². The van der Waals surface area contributed by atoms with E-state index >= 15 is 0 Å². The van der Waals surface area contributed by atoms with Crippen molar-refractivity contribution in [2.24, 2.45) is 0 Å². The summed E-state index contributed by atoms with van der Waals surface area (Å²) in [4.78, 5) is 23.9. The second kappa shape index (κ2) is 5.71. The zero-order valence-electron chi connectivity index (χ0n) is 10.8. The van der Waals surface area contributed by atoms with Crippen LogP contribution in [-0.2, 0) is 15.2 Å². The molecule has 104 valence electrons. The van der Waals surface area contributed by atoms with Crippen molar-refractivity contribution in [3.63, 3.8) is 0 Å². The first-order valence-corrected chi connectivity index (χ1v) is 5.92. The van der Waals surface area contributed by atoms with Crippen molar-refractivity contribution in [2.75, 3.05) is 18.0 Å². The highest BCUT2D eigenvalue weighted by molar-refractivity contribution is 6.02. The first kappa shape index (κ1) is 15.0. The molecule has 0 aliphatic carbocycles. The van der Waals surface area contributed by atoms with Gasteiger partial charge in [0.2, 0.25) is 0 Å².